The maximum absolute atomic E-state index is 12.2. The van der Waals surface area contributed by atoms with E-state index in [1.807, 2.05) is 12.4 Å². The zero-order valence-corrected chi connectivity index (χ0v) is 14.7. The van der Waals surface area contributed by atoms with Crippen LogP contribution >= 0.6 is 0 Å². The SMILES string of the molecule is CC1CCCC(NC(=O)NC2CCN(Cc3ccncc3)CC2)C1. The molecule has 1 aliphatic carbocycles. The summed E-state index contributed by atoms with van der Waals surface area (Å²) in [6.45, 7) is 5.33. The quantitative estimate of drug-likeness (QED) is 0.892. The minimum Gasteiger partial charge on any atom is -0.335 e. The molecule has 5 heteroatoms. The lowest BCUT2D eigenvalue weighted by molar-refractivity contribution is 0.183. The lowest BCUT2D eigenvalue weighted by Gasteiger charge is -2.33. The van der Waals surface area contributed by atoms with E-state index in [2.05, 4.69) is 39.6 Å². The number of urea groups is 1. The Morgan fingerprint density at radius 3 is 2.54 bits per heavy atom. The molecule has 2 amide bonds. The number of carbonyl (C=O) groups excluding carboxylic acids is 1. The minimum atomic E-state index is 0.0293. The van der Waals surface area contributed by atoms with Gasteiger partial charge in [-0.15, -0.1) is 0 Å². The first-order chi connectivity index (χ1) is 11.7. The molecule has 1 aromatic rings. The summed E-state index contributed by atoms with van der Waals surface area (Å²) in [7, 11) is 0. The largest absolute Gasteiger partial charge is 0.335 e. The van der Waals surface area contributed by atoms with Gasteiger partial charge in [-0.2, -0.15) is 0 Å². The summed E-state index contributed by atoms with van der Waals surface area (Å²) < 4.78 is 0. The molecule has 0 spiro atoms. The number of amides is 2. The number of piperidine rings is 1. The van der Waals surface area contributed by atoms with Crippen molar-refractivity contribution in [3.05, 3.63) is 30.1 Å². The van der Waals surface area contributed by atoms with Crippen LogP contribution in [-0.4, -0.2) is 41.1 Å². The van der Waals surface area contributed by atoms with Gasteiger partial charge in [-0.25, -0.2) is 4.79 Å². The number of carbonyl (C=O) groups is 1. The fourth-order valence-corrected chi connectivity index (χ4v) is 3.96. The number of rotatable bonds is 4. The number of aromatic nitrogens is 1. The molecule has 2 heterocycles. The van der Waals surface area contributed by atoms with Crippen LogP contribution in [0.5, 0.6) is 0 Å². The molecule has 2 aliphatic rings. The van der Waals surface area contributed by atoms with Crippen LogP contribution in [0, 0.1) is 5.92 Å². The van der Waals surface area contributed by atoms with Crippen LogP contribution in [0.3, 0.4) is 0 Å². The number of nitrogens with one attached hydrogen (secondary N) is 2. The van der Waals surface area contributed by atoms with Gasteiger partial charge in [-0.3, -0.25) is 9.88 Å². The van der Waals surface area contributed by atoms with E-state index in [-0.39, 0.29) is 6.03 Å². The van der Waals surface area contributed by atoms with Crippen molar-refractivity contribution >= 4 is 6.03 Å². The molecule has 1 saturated heterocycles. The average Bonchev–Trinajstić information content (AvgIpc) is 2.57. The number of hydrogen-bond acceptors (Lipinski definition) is 3. The summed E-state index contributed by atoms with van der Waals surface area (Å²) in [5.41, 5.74) is 1.31. The van der Waals surface area contributed by atoms with Crippen molar-refractivity contribution in [2.75, 3.05) is 13.1 Å². The van der Waals surface area contributed by atoms with Crippen LogP contribution in [0.25, 0.3) is 0 Å². The molecule has 24 heavy (non-hydrogen) atoms. The van der Waals surface area contributed by atoms with Gasteiger partial charge < -0.3 is 10.6 Å². The molecule has 1 aliphatic heterocycles. The van der Waals surface area contributed by atoms with Gasteiger partial charge in [-0.1, -0.05) is 19.8 Å². The van der Waals surface area contributed by atoms with Crippen LogP contribution < -0.4 is 10.6 Å². The predicted molar refractivity (Wildman–Crippen MR) is 95.6 cm³/mol. The van der Waals surface area contributed by atoms with E-state index in [4.69, 9.17) is 0 Å². The first-order valence-electron chi connectivity index (χ1n) is 9.37. The highest BCUT2D eigenvalue weighted by molar-refractivity contribution is 5.74. The smallest absolute Gasteiger partial charge is 0.315 e. The number of pyridine rings is 1. The van der Waals surface area contributed by atoms with E-state index >= 15 is 0 Å². The van der Waals surface area contributed by atoms with Gasteiger partial charge in [0.2, 0.25) is 0 Å². The third kappa shape index (κ3) is 5.20. The van der Waals surface area contributed by atoms with E-state index in [1.54, 1.807) is 0 Å². The first-order valence-corrected chi connectivity index (χ1v) is 9.37. The van der Waals surface area contributed by atoms with Gasteiger partial charge >= 0.3 is 6.03 Å². The third-order valence-corrected chi connectivity index (χ3v) is 5.35. The number of likely N-dealkylation sites (tertiary alicyclic amines) is 1. The monoisotopic (exact) mass is 330 g/mol. The Labute approximate surface area is 145 Å². The molecule has 5 nitrogen and oxygen atoms in total. The zero-order valence-electron chi connectivity index (χ0n) is 14.7. The molecule has 3 rings (SSSR count). The lowest BCUT2D eigenvalue weighted by atomic mass is 9.87. The molecule has 0 radical (unpaired) electrons. The van der Waals surface area contributed by atoms with Gasteiger partial charge in [0, 0.05) is 44.1 Å². The first kappa shape index (κ1) is 17.2. The van der Waals surface area contributed by atoms with Crippen molar-refractivity contribution in [3.8, 4) is 0 Å². The molecule has 1 aromatic heterocycles. The second-order valence-electron chi connectivity index (χ2n) is 7.49. The van der Waals surface area contributed by atoms with Crippen molar-refractivity contribution in [3.63, 3.8) is 0 Å². The van der Waals surface area contributed by atoms with E-state index in [0.29, 0.717) is 12.1 Å². The molecular formula is C19H30N4O. The summed E-state index contributed by atoms with van der Waals surface area (Å²) in [5.74, 6) is 0.737. The van der Waals surface area contributed by atoms with Crippen molar-refractivity contribution in [1.82, 2.24) is 20.5 Å². The van der Waals surface area contributed by atoms with Crippen LogP contribution in [0.4, 0.5) is 4.79 Å². The average molecular weight is 330 g/mol. The maximum Gasteiger partial charge on any atom is 0.315 e. The maximum atomic E-state index is 12.2. The van der Waals surface area contributed by atoms with Crippen molar-refractivity contribution in [1.29, 1.82) is 0 Å². The summed E-state index contributed by atoms with van der Waals surface area (Å²) in [6, 6.07) is 4.84. The third-order valence-electron chi connectivity index (χ3n) is 5.35. The Balaban J connectivity index is 1.36. The molecular weight excluding hydrogens is 300 g/mol. The van der Waals surface area contributed by atoms with Crippen molar-refractivity contribution in [2.45, 2.75) is 64.1 Å². The Hall–Kier alpha value is -1.62. The highest BCUT2D eigenvalue weighted by atomic mass is 16.2. The summed E-state index contributed by atoms with van der Waals surface area (Å²) in [4.78, 5) is 18.7. The molecule has 2 N–H and O–H groups in total. The van der Waals surface area contributed by atoms with Crippen molar-refractivity contribution in [2.24, 2.45) is 5.92 Å². The van der Waals surface area contributed by atoms with Crippen LogP contribution in [0.2, 0.25) is 0 Å². The topological polar surface area (TPSA) is 57.3 Å². The molecule has 0 aromatic carbocycles. The van der Waals surface area contributed by atoms with Gasteiger partial charge in [0.15, 0.2) is 0 Å². The normalized spacial score (nSPS) is 26.0. The van der Waals surface area contributed by atoms with Gasteiger partial charge in [-0.05, 0) is 49.3 Å². The molecule has 132 valence electrons. The lowest BCUT2D eigenvalue weighted by Crippen LogP contribution is -2.50. The molecule has 2 fully saturated rings. The summed E-state index contributed by atoms with van der Waals surface area (Å²) in [5, 5.41) is 6.36. The Bertz CT molecular complexity index is 513. The van der Waals surface area contributed by atoms with Crippen LogP contribution in [0.15, 0.2) is 24.5 Å². The molecule has 2 atom stereocenters. The zero-order chi connectivity index (χ0) is 16.8. The highest BCUT2D eigenvalue weighted by Gasteiger charge is 2.23. The number of hydrogen-bond donors (Lipinski definition) is 2. The summed E-state index contributed by atoms with van der Waals surface area (Å²) in [6.07, 6.45) is 10.5. The second kappa shape index (κ2) is 8.47. The molecule has 1 saturated carbocycles. The fourth-order valence-electron chi connectivity index (χ4n) is 3.96. The Kier molecular flexibility index (Phi) is 6.07. The van der Waals surface area contributed by atoms with Gasteiger partial charge in [0.25, 0.3) is 0 Å². The summed E-state index contributed by atoms with van der Waals surface area (Å²) >= 11 is 0. The van der Waals surface area contributed by atoms with Gasteiger partial charge in [0.1, 0.15) is 0 Å². The minimum absolute atomic E-state index is 0.0293. The van der Waals surface area contributed by atoms with E-state index in [0.717, 1.165) is 51.2 Å². The van der Waals surface area contributed by atoms with E-state index < -0.39 is 0 Å². The van der Waals surface area contributed by atoms with E-state index in [1.165, 1.54) is 18.4 Å². The highest BCUT2D eigenvalue weighted by Crippen LogP contribution is 2.23. The van der Waals surface area contributed by atoms with Gasteiger partial charge in [0.05, 0.1) is 0 Å². The Morgan fingerprint density at radius 2 is 1.83 bits per heavy atom. The molecule has 2 unspecified atom stereocenters. The molecule has 0 bridgehead atoms. The standard InChI is InChI=1S/C19H30N4O/c1-15-3-2-4-18(13-15)22-19(24)21-17-7-11-23(12-8-17)14-16-5-9-20-10-6-16/h5-6,9-10,15,17-18H,2-4,7-8,11-14H2,1H3,(H2,21,22,24). The second-order valence-corrected chi connectivity index (χ2v) is 7.49. The van der Waals surface area contributed by atoms with Crippen molar-refractivity contribution < 1.29 is 4.79 Å². The van der Waals surface area contributed by atoms with E-state index in [9.17, 15) is 4.79 Å². The van der Waals surface area contributed by atoms with Crippen LogP contribution in [0.1, 0.15) is 51.0 Å². The van der Waals surface area contributed by atoms with Crippen LogP contribution in [-0.2, 0) is 6.54 Å². The Morgan fingerprint density at radius 1 is 1.12 bits per heavy atom. The number of nitrogens with zero attached hydrogens (tertiary/aromatic N) is 2. The predicted octanol–water partition coefficient (Wildman–Crippen LogP) is 2.92. The fraction of sp³-hybridized carbons (Fsp3) is 0.684.